The summed E-state index contributed by atoms with van der Waals surface area (Å²) in [5.74, 6) is -0.719. The van der Waals surface area contributed by atoms with Crippen molar-refractivity contribution >= 4 is 0 Å². The molecule has 0 amide bonds. The fraction of sp³-hybridized carbons (Fsp3) is 0.455. The molecule has 0 bridgehead atoms. The van der Waals surface area contributed by atoms with Crippen molar-refractivity contribution in [2.45, 2.75) is 18.4 Å². The maximum atomic E-state index is 12.9. The van der Waals surface area contributed by atoms with Gasteiger partial charge in [0.25, 0.3) is 0 Å². The third-order valence-electron chi connectivity index (χ3n) is 2.30. The van der Waals surface area contributed by atoms with Gasteiger partial charge in [0, 0.05) is 0 Å². The van der Waals surface area contributed by atoms with Gasteiger partial charge in [0.1, 0.15) is 11.9 Å². The number of hydrogen-bond acceptors (Lipinski definition) is 2. The zero-order valence-corrected chi connectivity index (χ0v) is 8.71. The average molecular weight is 250 g/mol. The first-order valence-electron chi connectivity index (χ1n) is 5.02. The van der Waals surface area contributed by atoms with E-state index in [4.69, 9.17) is 9.47 Å². The van der Waals surface area contributed by atoms with E-state index >= 15 is 0 Å². The summed E-state index contributed by atoms with van der Waals surface area (Å²) in [4.78, 5) is 0. The topological polar surface area (TPSA) is 21.8 Å². The van der Waals surface area contributed by atoms with Crippen LogP contribution in [0.4, 0.5) is 17.6 Å². The largest absolute Gasteiger partial charge is 0.418 e. The monoisotopic (exact) mass is 250 g/mol. The molecule has 0 saturated carbocycles. The molecule has 6 heteroatoms. The van der Waals surface area contributed by atoms with Crippen LogP contribution < -0.4 is 0 Å². The summed E-state index contributed by atoms with van der Waals surface area (Å²) in [5.41, 5.74) is -0.238. The minimum atomic E-state index is -4.57. The molecule has 2 unspecified atom stereocenters. The first-order chi connectivity index (χ1) is 7.97. The Morgan fingerprint density at radius 1 is 1.41 bits per heavy atom. The van der Waals surface area contributed by atoms with E-state index in [0.717, 1.165) is 12.1 Å². The number of hydrogen-bond donors (Lipinski definition) is 0. The lowest BCUT2D eigenvalue weighted by Crippen LogP contribution is -2.25. The zero-order chi connectivity index (χ0) is 12.5. The van der Waals surface area contributed by atoms with Crippen molar-refractivity contribution in [2.24, 2.45) is 0 Å². The smallest absolute Gasteiger partial charge is 0.371 e. The third kappa shape index (κ3) is 3.41. The van der Waals surface area contributed by atoms with Crippen LogP contribution in [0, 0.1) is 5.82 Å². The normalized spacial score (nSPS) is 21.3. The Balaban J connectivity index is 2.13. The van der Waals surface area contributed by atoms with Crippen molar-refractivity contribution in [3.63, 3.8) is 0 Å². The minimum absolute atomic E-state index is 0.138. The second-order valence-electron chi connectivity index (χ2n) is 3.77. The first-order valence-corrected chi connectivity index (χ1v) is 5.02. The van der Waals surface area contributed by atoms with Crippen molar-refractivity contribution in [1.82, 2.24) is 0 Å². The van der Waals surface area contributed by atoms with Crippen molar-refractivity contribution in [2.75, 3.05) is 13.2 Å². The molecule has 94 valence electrons. The maximum Gasteiger partial charge on any atom is 0.418 e. The SMILES string of the molecule is Fc1cccc(C(OCC2CO2)C(F)(F)F)c1. The summed E-state index contributed by atoms with van der Waals surface area (Å²) in [6.07, 6.45) is -6.95. The van der Waals surface area contributed by atoms with E-state index in [1.54, 1.807) is 0 Å². The van der Waals surface area contributed by atoms with E-state index < -0.39 is 18.1 Å². The van der Waals surface area contributed by atoms with Crippen molar-refractivity contribution < 1.29 is 27.0 Å². The Morgan fingerprint density at radius 3 is 2.65 bits per heavy atom. The van der Waals surface area contributed by atoms with Crippen LogP contribution in [0.1, 0.15) is 11.7 Å². The van der Waals surface area contributed by atoms with Gasteiger partial charge in [-0.25, -0.2) is 4.39 Å². The van der Waals surface area contributed by atoms with Crippen LogP contribution in [0.25, 0.3) is 0 Å². The number of rotatable bonds is 4. The van der Waals surface area contributed by atoms with E-state index in [9.17, 15) is 17.6 Å². The highest BCUT2D eigenvalue weighted by Gasteiger charge is 2.43. The summed E-state index contributed by atoms with van der Waals surface area (Å²) >= 11 is 0. The predicted molar refractivity (Wildman–Crippen MR) is 50.9 cm³/mol. The number of halogens is 4. The molecule has 2 atom stereocenters. The van der Waals surface area contributed by atoms with Gasteiger partial charge in [-0.3, -0.25) is 0 Å². The second kappa shape index (κ2) is 4.62. The van der Waals surface area contributed by atoms with E-state index in [0.29, 0.717) is 6.61 Å². The summed E-state index contributed by atoms with van der Waals surface area (Å²) < 4.78 is 60.6. The maximum absolute atomic E-state index is 12.9. The van der Waals surface area contributed by atoms with E-state index in [1.807, 2.05) is 0 Å². The lowest BCUT2D eigenvalue weighted by molar-refractivity contribution is -0.224. The summed E-state index contributed by atoms with van der Waals surface area (Å²) in [6, 6.07) is 4.32. The molecule has 1 fully saturated rings. The summed E-state index contributed by atoms with van der Waals surface area (Å²) in [5, 5.41) is 0. The second-order valence-corrected chi connectivity index (χ2v) is 3.77. The Hall–Kier alpha value is -1.14. The van der Waals surface area contributed by atoms with E-state index in [2.05, 4.69) is 0 Å². The Labute approximate surface area is 95.1 Å². The van der Waals surface area contributed by atoms with Crippen LogP contribution >= 0.6 is 0 Å². The summed E-state index contributed by atoms with van der Waals surface area (Å²) in [6.45, 7) is 0.272. The van der Waals surface area contributed by atoms with Gasteiger partial charge in [0.05, 0.1) is 13.2 Å². The molecule has 2 rings (SSSR count). The molecule has 1 saturated heterocycles. The van der Waals surface area contributed by atoms with Crippen LogP contribution in [-0.4, -0.2) is 25.5 Å². The van der Waals surface area contributed by atoms with Gasteiger partial charge in [0.2, 0.25) is 0 Å². The Morgan fingerprint density at radius 2 is 2.12 bits per heavy atom. The lowest BCUT2D eigenvalue weighted by atomic mass is 10.1. The Bertz CT molecular complexity index is 387. The van der Waals surface area contributed by atoms with Gasteiger partial charge in [0.15, 0.2) is 6.10 Å². The predicted octanol–water partition coefficient (Wildman–Crippen LogP) is 2.84. The lowest BCUT2D eigenvalue weighted by Gasteiger charge is -2.20. The van der Waals surface area contributed by atoms with Crippen molar-refractivity contribution in [1.29, 1.82) is 0 Å². The molecule has 1 aromatic rings. The van der Waals surface area contributed by atoms with Crippen LogP contribution in [0.15, 0.2) is 24.3 Å². The molecule has 0 radical (unpaired) electrons. The molecular formula is C11H10F4O2. The fourth-order valence-electron chi connectivity index (χ4n) is 1.42. The van der Waals surface area contributed by atoms with Gasteiger partial charge >= 0.3 is 6.18 Å². The van der Waals surface area contributed by atoms with Crippen LogP contribution in [0.2, 0.25) is 0 Å². The highest BCUT2D eigenvalue weighted by molar-refractivity contribution is 5.20. The minimum Gasteiger partial charge on any atom is -0.371 e. The molecule has 2 nitrogen and oxygen atoms in total. The van der Waals surface area contributed by atoms with Crippen LogP contribution in [0.5, 0.6) is 0 Å². The van der Waals surface area contributed by atoms with Gasteiger partial charge in [-0.2, -0.15) is 13.2 Å². The van der Waals surface area contributed by atoms with Gasteiger partial charge in [-0.15, -0.1) is 0 Å². The molecule has 0 aliphatic carbocycles. The third-order valence-corrected chi connectivity index (χ3v) is 2.30. The molecule has 0 spiro atoms. The average Bonchev–Trinajstić information content (AvgIpc) is 3.00. The highest BCUT2D eigenvalue weighted by Crippen LogP contribution is 2.36. The van der Waals surface area contributed by atoms with Crippen molar-refractivity contribution in [3.8, 4) is 0 Å². The number of benzene rings is 1. The first kappa shape index (κ1) is 12.3. The molecule has 1 heterocycles. The van der Waals surface area contributed by atoms with Crippen LogP contribution in [-0.2, 0) is 9.47 Å². The standard InChI is InChI=1S/C11H10F4O2/c12-8-3-1-2-7(4-8)10(11(13,14)15)17-6-9-5-16-9/h1-4,9-10H,5-6H2. The van der Waals surface area contributed by atoms with E-state index in [1.165, 1.54) is 12.1 Å². The van der Waals surface area contributed by atoms with Crippen molar-refractivity contribution in [3.05, 3.63) is 35.6 Å². The molecule has 1 aromatic carbocycles. The number of alkyl halides is 3. The molecule has 0 aromatic heterocycles. The van der Waals surface area contributed by atoms with E-state index in [-0.39, 0.29) is 18.3 Å². The van der Waals surface area contributed by atoms with Gasteiger partial charge in [-0.1, -0.05) is 12.1 Å². The Kier molecular flexibility index (Phi) is 3.35. The molecular weight excluding hydrogens is 240 g/mol. The number of epoxide rings is 1. The quantitative estimate of drug-likeness (QED) is 0.605. The molecule has 1 aliphatic heterocycles. The molecule has 17 heavy (non-hydrogen) atoms. The zero-order valence-electron chi connectivity index (χ0n) is 8.71. The highest BCUT2D eigenvalue weighted by atomic mass is 19.4. The molecule has 1 aliphatic rings. The fourth-order valence-corrected chi connectivity index (χ4v) is 1.42. The summed E-state index contributed by atoms with van der Waals surface area (Å²) in [7, 11) is 0. The van der Waals surface area contributed by atoms with Crippen LogP contribution in [0.3, 0.4) is 0 Å². The van der Waals surface area contributed by atoms with Gasteiger partial charge in [-0.05, 0) is 17.7 Å². The van der Waals surface area contributed by atoms with Gasteiger partial charge < -0.3 is 9.47 Å². The number of ether oxygens (including phenoxy) is 2. The molecule has 0 N–H and O–H groups in total.